The van der Waals surface area contributed by atoms with Gasteiger partial charge in [-0.05, 0) is 75.1 Å². The van der Waals surface area contributed by atoms with E-state index in [2.05, 4.69) is 31.9 Å². The average Bonchev–Trinajstić information content (AvgIpc) is 4.00. The van der Waals surface area contributed by atoms with Gasteiger partial charge in [-0.2, -0.15) is 0 Å². The van der Waals surface area contributed by atoms with Crippen LogP contribution in [0.3, 0.4) is 0 Å². The van der Waals surface area contributed by atoms with Crippen LogP contribution in [0.1, 0.15) is 82.5 Å². The Labute approximate surface area is 431 Å². The number of carbonyl (C=O) groups is 9. The minimum absolute atomic E-state index is 0.0152. The van der Waals surface area contributed by atoms with Crippen LogP contribution in [0.4, 0.5) is 5.69 Å². The second kappa shape index (κ2) is 26.8. The van der Waals surface area contributed by atoms with Gasteiger partial charge in [-0.25, -0.2) is 4.79 Å². The third-order valence-electron chi connectivity index (χ3n) is 12.5. The number of hydrogen-bond donors (Lipinski definition) is 10. The number of aliphatic carboxylic acids is 1. The van der Waals surface area contributed by atoms with Crippen molar-refractivity contribution in [3.8, 4) is 5.75 Å². The Kier molecular flexibility index (Phi) is 20.7. The number of phenols is 1. The number of carbonyl (C=O) groups excluding carboxylic acids is 8. The van der Waals surface area contributed by atoms with Crippen molar-refractivity contribution in [2.24, 2.45) is 17.4 Å². The van der Waals surface area contributed by atoms with Gasteiger partial charge >= 0.3 is 5.97 Å². The Morgan fingerprint density at radius 1 is 0.760 bits per heavy atom. The number of primary amides is 1. The van der Waals surface area contributed by atoms with Crippen LogP contribution in [0.25, 0.3) is 0 Å². The van der Waals surface area contributed by atoms with Crippen LogP contribution in [0.15, 0.2) is 78.9 Å². The summed E-state index contributed by atoms with van der Waals surface area (Å²) in [5.41, 5.74) is 12.6. The van der Waals surface area contributed by atoms with E-state index in [9.17, 15) is 63.5 Å². The van der Waals surface area contributed by atoms with Crippen molar-refractivity contribution < 1.29 is 63.1 Å². The molecule has 0 radical (unpaired) electrons. The molecule has 5 rings (SSSR count). The Morgan fingerprint density at radius 2 is 1.41 bits per heavy atom. The molecule has 8 amide bonds. The third kappa shape index (κ3) is 17.0. The highest BCUT2D eigenvalue weighted by atomic mass is 16.8. The monoisotopic (exact) mass is 1040 g/mol. The first-order valence-corrected chi connectivity index (χ1v) is 24.4. The van der Waals surface area contributed by atoms with Gasteiger partial charge in [0, 0.05) is 24.6 Å². The van der Waals surface area contributed by atoms with Crippen molar-refractivity contribution in [3.63, 3.8) is 0 Å². The number of benzene rings is 3. The summed E-state index contributed by atoms with van der Waals surface area (Å²) in [6.07, 6.45) is -1.41. The van der Waals surface area contributed by atoms with Gasteiger partial charge in [0.2, 0.25) is 47.3 Å². The highest BCUT2D eigenvalue weighted by molar-refractivity contribution is 5.96. The Morgan fingerprint density at radius 3 is 2.05 bits per heavy atom. The lowest BCUT2D eigenvalue weighted by Gasteiger charge is -2.27. The van der Waals surface area contributed by atoms with E-state index < -0.39 is 138 Å². The predicted molar refractivity (Wildman–Crippen MR) is 267 cm³/mol. The second-order valence-electron chi connectivity index (χ2n) is 18.9. The van der Waals surface area contributed by atoms with Crippen LogP contribution in [0.5, 0.6) is 5.75 Å². The largest absolute Gasteiger partial charge is 0.508 e. The lowest BCUT2D eigenvalue weighted by Crippen LogP contribution is -2.56. The Hall–Kier alpha value is -8.03. The van der Waals surface area contributed by atoms with Gasteiger partial charge in [-0.1, -0.05) is 74.5 Å². The Balaban J connectivity index is 1.27. The molecule has 2 fully saturated rings. The van der Waals surface area contributed by atoms with E-state index in [1.165, 1.54) is 60.2 Å². The molecule has 25 nitrogen and oxygen atoms in total. The van der Waals surface area contributed by atoms with Crippen LogP contribution in [0, 0.1) is 16.0 Å². The highest BCUT2D eigenvalue weighted by Gasteiger charge is 2.51. The zero-order valence-corrected chi connectivity index (χ0v) is 41.9. The molecular formula is C50H65N11O14. The number of nitro benzene ring substituents is 1. The molecule has 25 heteroatoms. The molecule has 0 aliphatic carbocycles. The number of nitrogens with two attached hydrogens (primary N) is 2. The number of aromatic hydroxyl groups is 1. The summed E-state index contributed by atoms with van der Waals surface area (Å²) in [5.74, 6) is -7.67. The third-order valence-corrected chi connectivity index (χ3v) is 12.5. The number of carboxylic acids is 1. The molecule has 2 heterocycles. The van der Waals surface area contributed by atoms with E-state index in [0.29, 0.717) is 12.0 Å². The molecule has 10 atom stereocenters. The molecule has 2 aliphatic heterocycles. The van der Waals surface area contributed by atoms with E-state index in [1.54, 1.807) is 26.0 Å². The summed E-state index contributed by atoms with van der Waals surface area (Å²) in [7, 11) is 0. The van der Waals surface area contributed by atoms with E-state index in [-0.39, 0.29) is 49.5 Å². The summed E-state index contributed by atoms with van der Waals surface area (Å²) >= 11 is 0. The van der Waals surface area contributed by atoms with Crippen molar-refractivity contribution in [1.82, 2.24) is 41.9 Å². The maximum atomic E-state index is 14.1. The van der Waals surface area contributed by atoms with Crippen molar-refractivity contribution in [3.05, 3.63) is 106 Å². The number of amides is 8. The van der Waals surface area contributed by atoms with Crippen molar-refractivity contribution in [1.29, 1.82) is 0 Å². The van der Waals surface area contributed by atoms with Gasteiger partial charge in [0.05, 0.1) is 36.0 Å². The molecule has 1 unspecified atom stereocenters. The number of para-hydroxylation sites is 1. The first-order valence-electron chi connectivity index (χ1n) is 24.4. The molecule has 2 aliphatic rings. The van der Waals surface area contributed by atoms with E-state index in [0.717, 1.165) is 5.56 Å². The number of nitrogens with one attached hydrogen (secondary N) is 6. The first-order chi connectivity index (χ1) is 35.5. The van der Waals surface area contributed by atoms with Crippen molar-refractivity contribution >= 4 is 58.9 Å². The molecular weight excluding hydrogens is 979 g/mol. The normalized spacial score (nSPS) is 18.6. The van der Waals surface area contributed by atoms with Crippen LogP contribution in [-0.4, -0.2) is 140 Å². The SMILES string of the molecule is CC(C)C[C@H](NC(=O)[C@H](C)NC(=O)C[C@@H](c1ccccc1[N+](=O)[O-])N1O[C@@H]1[C@H](Cc1ccc(O)cc1)NC(=O)[C@H](CC(N)=O)NC(=O)CNC(=O)[C@@H]1CCCN1C(=O)[C@H](C)NC(=O)[C@@H](N)Cc1ccccc1)C(=O)O. The van der Waals surface area contributed by atoms with Crippen molar-refractivity contribution in [2.45, 2.75) is 127 Å². The molecule has 2 saturated heterocycles. The van der Waals surface area contributed by atoms with Crippen LogP contribution in [0.2, 0.25) is 0 Å². The number of nitro groups is 1. The summed E-state index contributed by atoms with van der Waals surface area (Å²) in [6, 6.07) is 11.0. The summed E-state index contributed by atoms with van der Waals surface area (Å²) < 4.78 is 0. The van der Waals surface area contributed by atoms with Gasteiger partial charge in [-0.15, -0.1) is 5.06 Å². The number of phenolic OH excluding ortho intramolecular Hbond substituents is 1. The molecule has 0 saturated carbocycles. The fourth-order valence-corrected chi connectivity index (χ4v) is 8.63. The lowest BCUT2D eigenvalue weighted by molar-refractivity contribution is -0.386. The topological polar surface area (TPSA) is 380 Å². The molecule has 12 N–H and O–H groups in total. The standard InChI is InChI=1S/C50H65N11O14/c1-27(2)21-37(50(71)72)58-44(66)28(3)54-42(64)25-40(33-13-8-9-14-38(33)61(73)74)60-49(75-60)36(23-31-16-18-32(62)19-17-31)57-46(68)35(24-41(52)63)56-43(65)26-53-47(69)39-15-10-20-59(39)48(70)29(4)55-45(67)34(51)22-30-11-6-5-7-12-30/h5-9,11-14,16-19,27-29,34-37,39-40,49,62H,10,15,20-26,51H2,1-4H3,(H2,52,63)(H,53,69)(H,54,64)(H,55,67)(H,56,65)(H,57,68)(H,58,66)(H,71,72)/t28-,29-,34-,35-,36-,37-,39-,40-,49+,60?/m0/s1. The average molecular weight is 1040 g/mol. The highest BCUT2D eigenvalue weighted by Crippen LogP contribution is 2.41. The number of hydrogen-bond acceptors (Lipinski definition) is 15. The molecule has 0 spiro atoms. The van der Waals surface area contributed by atoms with E-state index in [4.69, 9.17) is 16.3 Å². The van der Waals surface area contributed by atoms with Gasteiger partial charge in [-0.3, -0.25) is 53.3 Å². The summed E-state index contributed by atoms with van der Waals surface area (Å²) in [6.45, 7) is 5.85. The number of nitrogens with zero attached hydrogens (tertiary/aromatic N) is 3. The van der Waals surface area contributed by atoms with Gasteiger partial charge < -0.3 is 58.5 Å². The smallest absolute Gasteiger partial charge is 0.326 e. The van der Waals surface area contributed by atoms with Gasteiger partial charge in [0.15, 0.2) is 6.23 Å². The van der Waals surface area contributed by atoms with Crippen LogP contribution >= 0.6 is 0 Å². The number of rotatable bonds is 27. The Bertz CT molecular complexity index is 2570. The summed E-state index contributed by atoms with van der Waals surface area (Å²) in [5, 5.41) is 48.3. The molecule has 404 valence electrons. The molecule has 0 aromatic heterocycles. The molecule has 3 aromatic rings. The number of likely N-dealkylation sites (tertiary alicyclic amines) is 1. The molecule has 75 heavy (non-hydrogen) atoms. The second-order valence-corrected chi connectivity index (χ2v) is 18.9. The van der Waals surface area contributed by atoms with E-state index in [1.807, 2.05) is 30.3 Å². The van der Waals surface area contributed by atoms with Gasteiger partial charge in [0.1, 0.15) is 36.0 Å². The first kappa shape index (κ1) is 57.9. The van der Waals surface area contributed by atoms with Crippen LogP contribution < -0.4 is 43.4 Å². The molecule has 0 bridgehead atoms. The van der Waals surface area contributed by atoms with E-state index >= 15 is 0 Å². The zero-order valence-electron chi connectivity index (χ0n) is 41.9. The number of hydroxylamine groups is 2. The zero-order chi connectivity index (χ0) is 55.1. The van der Waals surface area contributed by atoms with Crippen LogP contribution in [-0.2, 0) is 60.8 Å². The molecule has 3 aromatic carbocycles. The fraction of sp³-hybridized carbons (Fsp3) is 0.460. The van der Waals surface area contributed by atoms with Crippen molar-refractivity contribution in [2.75, 3.05) is 13.1 Å². The quantitative estimate of drug-likeness (QED) is 0.0266. The minimum Gasteiger partial charge on any atom is -0.508 e. The summed E-state index contributed by atoms with van der Waals surface area (Å²) in [4.78, 5) is 137. The fourth-order valence-electron chi connectivity index (χ4n) is 8.63. The minimum atomic E-state index is -1.63. The van der Waals surface area contributed by atoms with Gasteiger partial charge in [0.25, 0.3) is 5.69 Å². The lowest BCUT2D eigenvalue weighted by atomic mass is 9.99. The maximum Gasteiger partial charge on any atom is 0.326 e. The number of carboxylic acid groups (broad SMARTS) is 1. The predicted octanol–water partition coefficient (Wildman–Crippen LogP) is -0.305. The maximum absolute atomic E-state index is 14.1.